The van der Waals surface area contributed by atoms with Crippen molar-refractivity contribution in [1.29, 1.82) is 0 Å². The number of hydrogen-bond donors (Lipinski definition) is 2. The molecule has 1 unspecified atom stereocenters. The Morgan fingerprint density at radius 2 is 2.17 bits per heavy atom. The van der Waals surface area contributed by atoms with E-state index in [1.165, 1.54) is 25.7 Å². The smallest absolute Gasteiger partial charge is 0.407 e. The largest absolute Gasteiger partial charge is 0.444 e. The second-order valence-corrected chi connectivity index (χ2v) is 6.76. The molecule has 1 saturated heterocycles. The van der Waals surface area contributed by atoms with Crippen LogP contribution in [0.2, 0.25) is 0 Å². The van der Waals surface area contributed by atoms with Crippen molar-refractivity contribution in [2.75, 3.05) is 19.6 Å². The van der Waals surface area contributed by atoms with Crippen molar-refractivity contribution >= 4 is 6.09 Å². The summed E-state index contributed by atoms with van der Waals surface area (Å²) in [5, 5.41) is 6.41. The van der Waals surface area contributed by atoms with E-state index in [2.05, 4.69) is 10.6 Å². The summed E-state index contributed by atoms with van der Waals surface area (Å²) in [4.78, 5) is 11.7. The Labute approximate surface area is 110 Å². The summed E-state index contributed by atoms with van der Waals surface area (Å²) in [5.41, 5.74) is -0.0580. The van der Waals surface area contributed by atoms with Crippen LogP contribution < -0.4 is 10.6 Å². The fraction of sp³-hybridized carbons (Fsp3) is 0.929. The second kappa shape index (κ2) is 5.08. The fourth-order valence-corrected chi connectivity index (χ4v) is 2.83. The summed E-state index contributed by atoms with van der Waals surface area (Å²) in [7, 11) is 0. The van der Waals surface area contributed by atoms with Gasteiger partial charge < -0.3 is 15.4 Å². The van der Waals surface area contributed by atoms with Crippen LogP contribution in [0.5, 0.6) is 0 Å². The number of ether oxygens (including phenoxy) is 1. The van der Waals surface area contributed by atoms with Crippen LogP contribution >= 0.6 is 0 Å². The maximum absolute atomic E-state index is 11.7. The van der Waals surface area contributed by atoms with Crippen molar-refractivity contribution in [3.8, 4) is 0 Å². The van der Waals surface area contributed by atoms with Crippen molar-refractivity contribution in [1.82, 2.24) is 10.6 Å². The summed E-state index contributed by atoms with van der Waals surface area (Å²) in [6.07, 6.45) is 4.77. The van der Waals surface area contributed by atoms with Gasteiger partial charge in [-0.3, -0.25) is 0 Å². The Bertz CT molecular complexity index is 299. The molecule has 4 nitrogen and oxygen atoms in total. The molecular weight excluding hydrogens is 228 g/mol. The quantitative estimate of drug-likeness (QED) is 0.812. The number of rotatable bonds is 3. The van der Waals surface area contributed by atoms with E-state index < -0.39 is 5.60 Å². The third-order valence-corrected chi connectivity index (χ3v) is 4.04. The first-order valence-corrected chi connectivity index (χ1v) is 7.09. The Morgan fingerprint density at radius 3 is 2.67 bits per heavy atom. The van der Waals surface area contributed by atoms with Gasteiger partial charge in [0.15, 0.2) is 0 Å². The van der Waals surface area contributed by atoms with Crippen LogP contribution in [0.4, 0.5) is 4.79 Å². The second-order valence-electron chi connectivity index (χ2n) is 6.76. The molecule has 0 bridgehead atoms. The molecule has 1 heterocycles. The van der Waals surface area contributed by atoms with Crippen LogP contribution in [0, 0.1) is 11.3 Å². The van der Waals surface area contributed by atoms with Crippen LogP contribution in [0.25, 0.3) is 0 Å². The maximum atomic E-state index is 11.7. The zero-order valence-electron chi connectivity index (χ0n) is 11.8. The molecule has 1 amide bonds. The van der Waals surface area contributed by atoms with Gasteiger partial charge >= 0.3 is 6.09 Å². The minimum atomic E-state index is -0.410. The number of carbonyl (C=O) groups is 1. The Kier molecular flexibility index (Phi) is 3.85. The molecule has 1 saturated carbocycles. The van der Waals surface area contributed by atoms with Gasteiger partial charge in [-0.1, -0.05) is 0 Å². The number of piperidine rings is 1. The monoisotopic (exact) mass is 254 g/mol. The molecule has 0 radical (unpaired) electrons. The highest BCUT2D eigenvalue weighted by Crippen LogP contribution is 2.53. The summed E-state index contributed by atoms with van der Waals surface area (Å²) in [6.45, 7) is 8.70. The lowest BCUT2D eigenvalue weighted by Gasteiger charge is -2.31. The van der Waals surface area contributed by atoms with Gasteiger partial charge in [0.25, 0.3) is 0 Å². The van der Waals surface area contributed by atoms with Gasteiger partial charge in [0, 0.05) is 6.54 Å². The highest BCUT2D eigenvalue weighted by molar-refractivity contribution is 5.67. The van der Waals surface area contributed by atoms with Gasteiger partial charge in [-0.2, -0.15) is 0 Å². The van der Waals surface area contributed by atoms with E-state index in [1.807, 2.05) is 20.8 Å². The molecule has 2 rings (SSSR count). The van der Waals surface area contributed by atoms with Gasteiger partial charge in [-0.15, -0.1) is 0 Å². The number of alkyl carbamates (subject to hydrolysis) is 1. The van der Waals surface area contributed by atoms with Crippen molar-refractivity contribution in [3.63, 3.8) is 0 Å². The minimum Gasteiger partial charge on any atom is -0.444 e. The van der Waals surface area contributed by atoms with E-state index in [4.69, 9.17) is 4.74 Å². The third kappa shape index (κ3) is 3.61. The lowest BCUT2D eigenvalue weighted by Crippen LogP contribution is -2.42. The van der Waals surface area contributed by atoms with E-state index in [-0.39, 0.29) is 6.09 Å². The average Bonchev–Trinajstić information content (AvgIpc) is 3.06. The van der Waals surface area contributed by atoms with Crippen LogP contribution in [0.1, 0.15) is 46.5 Å². The van der Waals surface area contributed by atoms with Crippen LogP contribution in [-0.2, 0) is 4.74 Å². The molecule has 1 aliphatic heterocycles. The van der Waals surface area contributed by atoms with E-state index in [0.717, 1.165) is 25.6 Å². The Hall–Kier alpha value is -0.770. The molecule has 1 aliphatic carbocycles. The first kappa shape index (κ1) is 13.7. The first-order chi connectivity index (χ1) is 8.41. The molecule has 1 atom stereocenters. The van der Waals surface area contributed by atoms with Crippen LogP contribution in [0.3, 0.4) is 0 Å². The summed E-state index contributed by atoms with van der Waals surface area (Å²) >= 11 is 0. The SMILES string of the molecule is CC(C)(C)OC(=O)NCC1(C2CCCNC2)CC1. The van der Waals surface area contributed by atoms with Gasteiger partial charge in [0.05, 0.1) is 0 Å². The fourth-order valence-electron chi connectivity index (χ4n) is 2.83. The van der Waals surface area contributed by atoms with Gasteiger partial charge in [-0.25, -0.2) is 4.79 Å². The van der Waals surface area contributed by atoms with E-state index in [9.17, 15) is 4.79 Å². The third-order valence-electron chi connectivity index (χ3n) is 4.04. The van der Waals surface area contributed by atoms with Crippen molar-refractivity contribution in [2.45, 2.75) is 52.1 Å². The number of hydrogen-bond acceptors (Lipinski definition) is 3. The lowest BCUT2D eigenvalue weighted by molar-refractivity contribution is 0.0505. The predicted molar refractivity (Wildman–Crippen MR) is 71.5 cm³/mol. The topological polar surface area (TPSA) is 50.4 Å². The summed E-state index contributed by atoms with van der Waals surface area (Å²) < 4.78 is 5.28. The van der Waals surface area contributed by atoms with Gasteiger partial charge in [-0.05, 0) is 70.9 Å². The van der Waals surface area contributed by atoms with Gasteiger partial charge in [0.1, 0.15) is 5.60 Å². The van der Waals surface area contributed by atoms with E-state index >= 15 is 0 Å². The molecule has 104 valence electrons. The molecule has 0 aromatic rings. The molecular formula is C14H26N2O2. The molecule has 2 aliphatic rings. The normalized spacial score (nSPS) is 26.5. The number of carbonyl (C=O) groups excluding carboxylic acids is 1. The molecule has 0 spiro atoms. The molecule has 0 aromatic carbocycles. The molecule has 0 aromatic heterocycles. The Morgan fingerprint density at radius 1 is 1.44 bits per heavy atom. The standard InChI is InChI=1S/C14H26N2O2/c1-13(2,3)18-12(17)16-10-14(6-7-14)11-5-4-8-15-9-11/h11,15H,4-10H2,1-3H3,(H,16,17). The van der Waals surface area contributed by atoms with Crippen molar-refractivity contribution < 1.29 is 9.53 Å². The zero-order chi connectivity index (χ0) is 13.2. The lowest BCUT2D eigenvalue weighted by atomic mass is 9.83. The maximum Gasteiger partial charge on any atom is 0.407 e. The first-order valence-electron chi connectivity index (χ1n) is 7.09. The predicted octanol–water partition coefficient (Wildman–Crippen LogP) is 2.29. The van der Waals surface area contributed by atoms with Crippen LogP contribution in [0.15, 0.2) is 0 Å². The molecule has 4 heteroatoms. The summed E-state index contributed by atoms with van der Waals surface area (Å²) in [5.74, 6) is 0.723. The number of nitrogens with one attached hydrogen (secondary N) is 2. The van der Waals surface area contributed by atoms with Crippen molar-refractivity contribution in [3.05, 3.63) is 0 Å². The van der Waals surface area contributed by atoms with Gasteiger partial charge in [0.2, 0.25) is 0 Å². The highest BCUT2D eigenvalue weighted by atomic mass is 16.6. The highest BCUT2D eigenvalue weighted by Gasteiger charge is 2.49. The minimum absolute atomic E-state index is 0.280. The number of amides is 1. The molecule has 18 heavy (non-hydrogen) atoms. The van der Waals surface area contributed by atoms with Crippen LogP contribution in [-0.4, -0.2) is 31.3 Å². The average molecular weight is 254 g/mol. The summed E-state index contributed by atoms with van der Waals surface area (Å²) in [6, 6.07) is 0. The zero-order valence-corrected chi connectivity index (χ0v) is 11.8. The molecule has 2 N–H and O–H groups in total. The van der Waals surface area contributed by atoms with E-state index in [0.29, 0.717) is 5.41 Å². The van der Waals surface area contributed by atoms with Crippen molar-refractivity contribution in [2.24, 2.45) is 11.3 Å². The van der Waals surface area contributed by atoms with E-state index in [1.54, 1.807) is 0 Å². The molecule has 2 fully saturated rings. The Balaban J connectivity index is 1.77.